The van der Waals surface area contributed by atoms with Gasteiger partial charge in [-0.3, -0.25) is 4.99 Å². The number of hydrogen-bond donors (Lipinski definition) is 3. The summed E-state index contributed by atoms with van der Waals surface area (Å²) in [5.41, 5.74) is 1.01. The van der Waals surface area contributed by atoms with Crippen molar-refractivity contribution in [3.05, 3.63) is 22.4 Å². The largest absolute Gasteiger partial charge is 0.416 e. The van der Waals surface area contributed by atoms with Gasteiger partial charge in [0, 0.05) is 13.6 Å². The van der Waals surface area contributed by atoms with Crippen LogP contribution in [0.1, 0.15) is 5.56 Å². The van der Waals surface area contributed by atoms with E-state index in [4.69, 9.17) is 5.11 Å². The van der Waals surface area contributed by atoms with E-state index in [9.17, 15) is 13.2 Å². The van der Waals surface area contributed by atoms with Gasteiger partial charge in [-0.2, -0.15) is 24.5 Å². The number of aliphatic hydroxyl groups is 1. The van der Waals surface area contributed by atoms with E-state index in [2.05, 4.69) is 15.6 Å². The lowest BCUT2D eigenvalue weighted by Crippen LogP contribution is -2.45. The molecule has 0 bridgehead atoms. The molecule has 0 amide bonds. The Morgan fingerprint density at radius 2 is 2.22 bits per heavy atom. The third kappa shape index (κ3) is 4.92. The average Bonchev–Trinajstić information content (AvgIpc) is 2.80. The van der Waals surface area contributed by atoms with Gasteiger partial charge < -0.3 is 15.7 Å². The number of rotatable bonds is 4. The summed E-state index contributed by atoms with van der Waals surface area (Å²) in [6.07, 6.45) is -7.03. The molecule has 0 aliphatic rings. The Kier molecular flexibility index (Phi) is 5.42. The Balaban J connectivity index is 2.35. The van der Waals surface area contributed by atoms with Crippen LogP contribution in [0.25, 0.3) is 0 Å². The van der Waals surface area contributed by atoms with Crippen molar-refractivity contribution in [2.24, 2.45) is 4.99 Å². The van der Waals surface area contributed by atoms with Crippen molar-refractivity contribution < 1.29 is 18.3 Å². The van der Waals surface area contributed by atoms with Gasteiger partial charge >= 0.3 is 6.18 Å². The van der Waals surface area contributed by atoms with Gasteiger partial charge in [0.05, 0.1) is 6.54 Å². The van der Waals surface area contributed by atoms with Gasteiger partial charge in [-0.15, -0.1) is 0 Å². The molecule has 1 atom stereocenters. The fourth-order valence-corrected chi connectivity index (χ4v) is 1.78. The molecule has 0 saturated carbocycles. The molecule has 0 fully saturated rings. The summed E-state index contributed by atoms with van der Waals surface area (Å²) in [5.74, 6) is 0.213. The number of aliphatic hydroxyl groups excluding tert-OH is 1. The number of nitrogens with zero attached hydrogens (tertiary/aromatic N) is 1. The second kappa shape index (κ2) is 6.60. The number of alkyl halides is 3. The first-order valence-corrected chi connectivity index (χ1v) is 6.08. The number of nitrogens with one attached hydrogen (secondary N) is 2. The zero-order chi connectivity index (χ0) is 13.6. The molecular weight excluding hydrogens is 267 g/mol. The number of thiophene rings is 1. The Hall–Kier alpha value is -1.28. The highest BCUT2D eigenvalue weighted by Gasteiger charge is 2.37. The van der Waals surface area contributed by atoms with Gasteiger partial charge in [0.15, 0.2) is 12.1 Å². The maximum absolute atomic E-state index is 12.1. The number of hydrogen-bond acceptors (Lipinski definition) is 3. The lowest BCUT2D eigenvalue weighted by molar-refractivity contribution is -0.201. The van der Waals surface area contributed by atoms with Crippen LogP contribution in [0.5, 0.6) is 0 Å². The second-order valence-corrected chi connectivity index (χ2v) is 4.28. The van der Waals surface area contributed by atoms with Gasteiger partial charge in [0.25, 0.3) is 0 Å². The summed E-state index contributed by atoms with van der Waals surface area (Å²) in [4.78, 5) is 3.76. The van der Waals surface area contributed by atoms with E-state index in [0.29, 0.717) is 6.54 Å². The van der Waals surface area contributed by atoms with E-state index in [0.717, 1.165) is 5.56 Å². The van der Waals surface area contributed by atoms with Crippen LogP contribution in [0.3, 0.4) is 0 Å². The SMILES string of the molecule is CN=C(NCc1ccsc1)NCC(O)C(F)(F)F. The highest BCUT2D eigenvalue weighted by Crippen LogP contribution is 2.19. The Bertz CT molecular complexity index is 378. The average molecular weight is 281 g/mol. The zero-order valence-electron chi connectivity index (χ0n) is 9.66. The molecule has 0 saturated heterocycles. The topological polar surface area (TPSA) is 56.7 Å². The molecule has 1 aromatic rings. The molecule has 1 unspecified atom stereocenters. The van der Waals surface area contributed by atoms with Crippen LogP contribution in [-0.4, -0.2) is 36.9 Å². The Labute approximate surface area is 107 Å². The van der Waals surface area contributed by atoms with Crippen LogP contribution in [0.4, 0.5) is 13.2 Å². The molecule has 8 heteroatoms. The molecule has 102 valence electrons. The van der Waals surface area contributed by atoms with E-state index in [1.807, 2.05) is 16.8 Å². The molecular formula is C10H14F3N3OS. The third-order valence-electron chi connectivity index (χ3n) is 2.10. The van der Waals surface area contributed by atoms with Crippen molar-refractivity contribution in [2.75, 3.05) is 13.6 Å². The van der Waals surface area contributed by atoms with E-state index in [1.165, 1.54) is 18.4 Å². The molecule has 4 nitrogen and oxygen atoms in total. The lowest BCUT2D eigenvalue weighted by Gasteiger charge is -2.17. The van der Waals surface area contributed by atoms with Crippen molar-refractivity contribution in [1.29, 1.82) is 0 Å². The second-order valence-electron chi connectivity index (χ2n) is 3.50. The molecule has 3 N–H and O–H groups in total. The normalized spacial score (nSPS) is 14.4. The fraction of sp³-hybridized carbons (Fsp3) is 0.500. The summed E-state index contributed by atoms with van der Waals surface area (Å²) in [7, 11) is 1.45. The van der Waals surface area contributed by atoms with Crippen LogP contribution < -0.4 is 10.6 Å². The van der Waals surface area contributed by atoms with Crippen molar-refractivity contribution in [1.82, 2.24) is 10.6 Å². The molecule has 0 aliphatic heterocycles. The zero-order valence-corrected chi connectivity index (χ0v) is 10.5. The summed E-state index contributed by atoms with van der Waals surface area (Å²) >= 11 is 1.53. The first-order valence-electron chi connectivity index (χ1n) is 5.14. The third-order valence-corrected chi connectivity index (χ3v) is 2.84. The molecule has 0 radical (unpaired) electrons. The van der Waals surface area contributed by atoms with Gasteiger partial charge in [-0.25, -0.2) is 0 Å². The Morgan fingerprint density at radius 3 is 2.72 bits per heavy atom. The van der Waals surface area contributed by atoms with Crippen LogP contribution in [0, 0.1) is 0 Å². The maximum atomic E-state index is 12.1. The van der Waals surface area contributed by atoms with Crippen LogP contribution in [0.2, 0.25) is 0 Å². The van der Waals surface area contributed by atoms with Crippen molar-refractivity contribution in [3.63, 3.8) is 0 Å². The van der Waals surface area contributed by atoms with Crippen molar-refractivity contribution in [2.45, 2.75) is 18.8 Å². The predicted octanol–water partition coefficient (Wildman–Crippen LogP) is 1.34. The minimum atomic E-state index is -4.63. The first kappa shape index (κ1) is 14.8. The van der Waals surface area contributed by atoms with Crippen LogP contribution in [0.15, 0.2) is 21.8 Å². The summed E-state index contributed by atoms with van der Waals surface area (Å²) in [6.45, 7) is -0.169. The Morgan fingerprint density at radius 1 is 1.50 bits per heavy atom. The summed E-state index contributed by atoms with van der Waals surface area (Å²) in [6, 6.07) is 1.90. The molecule has 1 rings (SSSR count). The minimum absolute atomic E-state index is 0.213. The standard InChI is InChI=1S/C10H14F3N3OS/c1-14-9(15-4-7-2-3-18-6-7)16-5-8(17)10(11,12)13/h2-3,6,8,17H,4-5H2,1H3,(H2,14,15,16). The van der Waals surface area contributed by atoms with Gasteiger partial charge in [0.2, 0.25) is 0 Å². The summed E-state index contributed by atoms with van der Waals surface area (Å²) in [5, 5.41) is 17.9. The summed E-state index contributed by atoms with van der Waals surface area (Å²) < 4.78 is 36.2. The van der Waals surface area contributed by atoms with E-state index in [-0.39, 0.29) is 5.96 Å². The molecule has 1 heterocycles. The van der Waals surface area contributed by atoms with Gasteiger partial charge in [-0.1, -0.05) is 0 Å². The highest BCUT2D eigenvalue weighted by atomic mass is 32.1. The monoisotopic (exact) mass is 281 g/mol. The molecule has 18 heavy (non-hydrogen) atoms. The predicted molar refractivity (Wildman–Crippen MR) is 64.6 cm³/mol. The van der Waals surface area contributed by atoms with E-state index >= 15 is 0 Å². The molecule has 1 aromatic heterocycles. The van der Waals surface area contributed by atoms with Crippen molar-refractivity contribution in [3.8, 4) is 0 Å². The van der Waals surface area contributed by atoms with Crippen molar-refractivity contribution >= 4 is 17.3 Å². The fourth-order valence-electron chi connectivity index (χ4n) is 1.11. The maximum Gasteiger partial charge on any atom is 0.416 e. The van der Waals surface area contributed by atoms with E-state index in [1.54, 1.807) is 0 Å². The number of aliphatic imine (C=N–C) groups is 1. The number of guanidine groups is 1. The smallest absolute Gasteiger partial charge is 0.382 e. The van der Waals surface area contributed by atoms with Gasteiger partial charge in [0.1, 0.15) is 0 Å². The molecule has 0 aliphatic carbocycles. The molecule has 0 aromatic carbocycles. The van der Waals surface area contributed by atoms with Crippen LogP contribution in [-0.2, 0) is 6.54 Å². The number of halogens is 3. The van der Waals surface area contributed by atoms with Gasteiger partial charge in [-0.05, 0) is 22.4 Å². The lowest BCUT2D eigenvalue weighted by atomic mass is 10.3. The molecule has 0 spiro atoms. The highest BCUT2D eigenvalue weighted by molar-refractivity contribution is 7.07. The van der Waals surface area contributed by atoms with Crippen LogP contribution >= 0.6 is 11.3 Å². The minimum Gasteiger partial charge on any atom is -0.382 e. The quantitative estimate of drug-likeness (QED) is 0.576. The van der Waals surface area contributed by atoms with E-state index < -0.39 is 18.8 Å². The first-order chi connectivity index (χ1) is 8.43.